The molecule has 0 aromatic carbocycles. The summed E-state index contributed by atoms with van der Waals surface area (Å²) in [6.45, 7) is 11.5. The lowest BCUT2D eigenvalue weighted by molar-refractivity contribution is 0.122. The van der Waals surface area contributed by atoms with E-state index < -0.39 is 0 Å². The van der Waals surface area contributed by atoms with E-state index >= 15 is 0 Å². The van der Waals surface area contributed by atoms with Gasteiger partial charge < -0.3 is 14.8 Å². The predicted octanol–water partition coefficient (Wildman–Crippen LogP) is 1.96. The first-order valence-electron chi connectivity index (χ1n) is 5.15. The average molecular weight is 215 g/mol. The molecule has 0 aromatic heterocycles. The molecule has 0 aromatic rings. The van der Waals surface area contributed by atoms with Crippen molar-refractivity contribution in [2.24, 2.45) is 5.92 Å². The van der Waals surface area contributed by atoms with Crippen LogP contribution in [0.2, 0.25) is 0 Å². The fourth-order valence-corrected chi connectivity index (χ4v) is 0.765. The van der Waals surface area contributed by atoms with Crippen molar-refractivity contribution >= 4 is 6.09 Å². The van der Waals surface area contributed by atoms with Gasteiger partial charge in [0, 0.05) is 6.54 Å². The van der Waals surface area contributed by atoms with Gasteiger partial charge in [0.2, 0.25) is 0 Å². The second-order valence-electron chi connectivity index (χ2n) is 3.93. The molecule has 0 atom stereocenters. The van der Waals surface area contributed by atoms with Crippen LogP contribution in [0, 0.1) is 5.92 Å². The number of carbonyl (C=O) groups excluding carboxylic acids is 1. The summed E-state index contributed by atoms with van der Waals surface area (Å²) in [7, 11) is 0. The number of hydrogen-bond donors (Lipinski definition) is 1. The van der Waals surface area contributed by atoms with E-state index in [0.29, 0.717) is 32.3 Å². The van der Waals surface area contributed by atoms with Crippen LogP contribution in [-0.4, -0.2) is 32.5 Å². The summed E-state index contributed by atoms with van der Waals surface area (Å²) < 4.78 is 10.1. The number of rotatable bonds is 7. The predicted molar refractivity (Wildman–Crippen MR) is 59.8 cm³/mol. The molecule has 0 aliphatic heterocycles. The van der Waals surface area contributed by atoms with Crippen LogP contribution in [0.15, 0.2) is 12.2 Å². The van der Waals surface area contributed by atoms with Gasteiger partial charge in [-0.25, -0.2) is 4.79 Å². The molecule has 4 nitrogen and oxygen atoms in total. The van der Waals surface area contributed by atoms with E-state index in [1.807, 2.05) is 20.8 Å². The highest BCUT2D eigenvalue weighted by Crippen LogP contribution is 1.92. The van der Waals surface area contributed by atoms with Crippen LogP contribution in [-0.2, 0) is 9.47 Å². The van der Waals surface area contributed by atoms with E-state index in [1.165, 1.54) is 0 Å². The second-order valence-corrected chi connectivity index (χ2v) is 3.93. The van der Waals surface area contributed by atoms with Crippen molar-refractivity contribution in [3.05, 3.63) is 12.2 Å². The molecule has 1 amide bonds. The maximum atomic E-state index is 11.0. The summed E-state index contributed by atoms with van der Waals surface area (Å²) in [4.78, 5) is 11.0. The van der Waals surface area contributed by atoms with Crippen LogP contribution in [0.4, 0.5) is 4.79 Å². The molecule has 0 bridgehead atoms. The Kier molecular flexibility index (Phi) is 7.72. The second kappa shape index (κ2) is 8.29. The van der Waals surface area contributed by atoms with Gasteiger partial charge in [0.1, 0.15) is 0 Å². The smallest absolute Gasteiger partial charge is 0.407 e. The molecule has 0 saturated heterocycles. The third kappa shape index (κ3) is 10.9. The van der Waals surface area contributed by atoms with Crippen molar-refractivity contribution in [2.75, 3.05) is 26.4 Å². The number of hydrogen-bond acceptors (Lipinski definition) is 3. The highest BCUT2D eigenvalue weighted by Gasteiger charge is 2.02. The quantitative estimate of drug-likeness (QED) is 0.521. The van der Waals surface area contributed by atoms with Crippen LogP contribution in [0.1, 0.15) is 20.8 Å². The van der Waals surface area contributed by atoms with Gasteiger partial charge in [-0.15, -0.1) is 0 Å². The number of carbonyl (C=O) groups is 1. The Morgan fingerprint density at radius 1 is 1.47 bits per heavy atom. The highest BCUT2D eigenvalue weighted by atomic mass is 16.5. The first kappa shape index (κ1) is 14.0. The number of alkyl carbamates (subject to hydrolysis) is 1. The van der Waals surface area contributed by atoms with E-state index in [0.717, 1.165) is 5.57 Å². The summed E-state index contributed by atoms with van der Waals surface area (Å²) in [5, 5.41) is 2.60. The first-order valence-corrected chi connectivity index (χ1v) is 5.15. The molecule has 4 heteroatoms. The standard InChI is InChI=1S/C11H21NO3/c1-9(2)7-14-6-5-12-11(13)15-8-10(3)4/h10H,1,5-8H2,2-4H3,(H,12,13). The fraction of sp³-hybridized carbons (Fsp3) is 0.727. The number of ether oxygens (including phenoxy) is 2. The Morgan fingerprint density at radius 3 is 2.67 bits per heavy atom. The monoisotopic (exact) mass is 215 g/mol. The summed E-state index contributed by atoms with van der Waals surface area (Å²) in [5.41, 5.74) is 0.970. The molecule has 0 radical (unpaired) electrons. The average Bonchev–Trinajstić information content (AvgIpc) is 2.13. The first-order chi connectivity index (χ1) is 7.02. The molecule has 88 valence electrons. The van der Waals surface area contributed by atoms with Crippen LogP contribution in [0.3, 0.4) is 0 Å². The van der Waals surface area contributed by atoms with Crippen molar-refractivity contribution < 1.29 is 14.3 Å². The number of amides is 1. The minimum absolute atomic E-state index is 0.357. The SMILES string of the molecule is C=C(C)COCCNC(=O)OCC(C)C. The molecule has 0 aliphatic carbocycles. The van der Waals surface area contributed by atoms with Crippen LogP contribution < -0.4 is 5.32 Å². The van der Waals surface area contributed by atoms with Gasteiger partial charge >= 0.3 is 6.09 Å². The Morgan fingerprint density at radius 2 is 2.13 bits per heavy atom. The topological polar surface area (TPSA) is 47.6 Å². The Labute approximate surface area is 91.6 Å². The van der Waals surface area contributed by atoms with Gasteiger partial charge in [0.05, 0.1) is 19.8 Å². The maximum Gasteiger partial charge on any atom is 0.407 e. The molecule has 0 aliphatic rings. The fourth-order valence-electron chi connectivity index (χ4n) is 0.765. The molecule has 0 fully saturated rings. The lowest BCUT2D eigenvalue weighted by atomic mass is 10.2. The molecule has 0 saturated carbocycles. The van der Waals surface area contributed by atoms with E-state index in [4.69, 9.17) is 9.47 Å². The van der Waals surface area contributed by atoms with Gasteiger partial charge in [0.15, 0.2) is 0 Å². The van der Waals surface area contributed by atoms with E-state index in [2.05, 4.69) is 11.9 Å². The number of nitrogens with one attached hydrogen (secondary N) is 1. The molecule has 0 rings (SSSR count). The lowest BCUT2D eigenvalue weighted by Crippen LogP contribution is -2.29. The largest absolute Gasteiger partial charge is 0.449 e. The summed E-state index contributed by atoms with van der Waals surface area (Å²) in [5.74, 6) is 0.357. The molecular weight excluding hydrogens is 194 g/mol. The maximum absolute atomic E-state index is 11.0. The molecule has 15 heavy (non-hydrogen) atoms. The lowest BCUT2D eigenvalue weighted by Gasteiger charge is -2.08. The Balaban J connectivity index is 3.28. The Hall–Kier alpha value is -1.03. The van der Waals surface area contributed by atoms with Crippen molar-refractivity contribution in [2.45, 2.75) is 20.8 Å². The van der Waals surface area contributed by atoms with E-state index in [1.54, 1.807) is 0 Å². The minimum atomic E-state index is -0.386. The van der Waals surface area contributed by atoms with Gasteiger partial charge in [-0.2, -0.15) is 0 Å². The van der Waals surface area contributed by atoms with Crippen molar-refractivity contribution in [1.82, 2.24) is 5.32 Å². The molecular formula is C11H21NO3. The molecule has 0 unspecified atom stereocenters. The van der Waals surface area contributed by atoms with Crippen LogP contribution >= 0.6 is 0 Å². The zero-order chi connectivity index (χ0) is 11.7. The summed E-state index contributed by atoms with van der Waals surface area (Å²) in [6.07, 6.45) is -0.386. The third-order valence-corrected chi connectivity index (χ3v) is 1.41. The van der Waals surface area contributed by atoms with Crippen molar-refractivity contribution in [3.8, 4) is 0 Å². The van der Waals surface area contributed by atoms with Crippen molar-refractivity contribution in [3.63, 3.8) is 0 Å². The van der Waals surface area contributed by atoms with Gasteiger partial charge in [-0.3, -0.25) is 0 Å². The van der Waals surface area contributed by atoms with Crippen LogP contribution in [0.25, 0.3) is 0 Å². The van der Waals surface area contributed by atoms with E-state index in [-0.39, 0.29) is 6.09 Å². The van der Waals surface area contributed by atoms with E-state index in [9.17, 15) is 4.79 Å². The normalized spacial score (nSPS) is 10.1. The summed E-state index contributed by atoms with van der Waals surface area (Å²) >= 11 is 0. The Bertz CT molecular complexity index is 202. The van der Waals surface area contributed by atoms with Crippen molar-refractivity contribution in [1.29, 1.82) is 0 Å². The minimum Gasteiger partial charge on any atom is -0.449 e. The highest BCUT2D eigenvalue weighted by molar-refractivity contribution is 5.67. The third-order valence-electron chi connectivity index (χ3n) is 1.41. The van der Waals surface area contributed by atoms with Gasteiger partial charge in [-0.05, 0) is 12.8 Å². The molecule has 0 spiro atoms. The zero-order valence-corrected chi connectivity index (χ0v) is 9.84. The zero-order valence-electron chi connectivity index (χ0n) is 9.84. The molecule has 1 N–H and O–H groups in total. The van der Waals surface area contributed by atoms with Gasteiger partial charge in [0.25, 0.3) is 0 Å². The van der Waals surface area contributed by atoms with Gasteiger partial charge in [-0.1, -0.05) is 26.0 Å². The summed E-state index contributed by atoms with van der Waals surface area (Å²) in [6, 6.07) is 0. The van der Waals surface area contributed by atoms with Crippen LogP contribution in [0.5, 0.6) is 0 Å². The molecule has 0 heterocycles.